The van der Waals surface area contributed by atoms with Gasteiger partial charge in [-0.1, -0.05) is 29.4 Å². The molecule has 0 N–H and O–H groups in total. The maximum Gasteiger partial charge on any atom is 0.279 e. The predicted molar refractivity (Wildman–Crippen MR) is 110 cm³/mol. The van der Waals surface area contributed by atoms with Crippen molar-refractivity contribution in [2.24, 2.45) is 0 Å². The highest BCUT2D eigenvalue weighted by Crippen LogP contribution is 2.26. The summed E-state index contributed by atoms with van der Waals surface area (Å²) in [4.78, 5) is 21.8. The normalized spacial score (nSPS) is 11.0. The van der Waals surface area contributed by atoms with E-state index in [1.807, 2.05) is 24.3 Å². The number of rotatable bonds is 4. The first-order valence-electron chi connectivity index (χ1n) is 9.16. The largest absolute Gasteiger partial charge is 0.497 e. The molecule has 0 amide bonds. The third-order valence-corrected chi connectivity index (χ3v) is 4.64. The molecule has 0 aliphatic carbocycles. The van der Waals surface area contributed by atoms with Crippen LogP contribution in [0.4, 0.5) is 0 Å². The second-order valence-electron chi connectivity index (χ2n) is 6.45. The molecular formula is C22H15N5O3. The van der Waals surface area contributed by atoms with Gasteiger partial charge in [-0.05, 0) is 42.5 Å². The Hall–Kier alpha value is -4.33. The van der Waals surface area contributed by atoms with Crippen molar-refractivity contribution in [3.63, 3.8) is 0 Å². The summed E-state index contributed by atoms with van der Waals surface area (Å²) < 4.78 is 12.0. The molecule has 0 unspecified atom stereocenters. The van der Waals surface area contributed by atoms with Crippen LogP contribution in [-0.4, -0.2) is 32.0 Å². The van der Waals surface area contributed by atoms with Gasteiger partial charge in [-0.3, -0.25) is 9.78 Å². The Morgan fingerprint density at radius 3 is 2.43 bits per heavy atom. The van der Waals surface area contributed by atoms with Gasteiger partial charge in [0.25, 0.3) is 11.4 Å². The maximum atomic E-state index is 13.1. The number of benzene rings is 2. The fourth-order valence-electron chi connectivity index (χ4n) is 3.16. The van der Waals surface area contributed by atoms with Gasteiger partial charge in [-0.25, -0.2) is 0 Å². The topological polar surface area (TPSA) is 95.9 Å². The molecular weight excluding hydrogens is 382 g/mol. The summed E-state index contributed by atoms with van der Waals surface area (Å²) in [7, 11) is 1.59. The second-order valence-corrected chi connectivity index (χ2v) is 6.45. The number of fused-ring (bicyclic) bond motifs is 1. The lowest BCUT2D eigenvalue weighted by Crippen LogP contribution is -2.22. The third-order valence-electron chi connectivity index (χ3n) is 4.64. The molecule has 30 heavy (non-hydrogen) atoms. The van der Waals surface area contributed by atoms with Gasteiger partial charge in [0, 0.05) is 11.6 Å². The van der Waals surface area contributed by atoms with Crippen molar-refractivity contribution in [2.45, 2.75) is 0 Å². The molecule has 0 atom stereocenters. The van der Waals surface area contributed by atoms with E-state index in [0.29, 0.717) is 39.4 Å². The smallest absolute Gasteiger partial charge is 0.279 e. The lowest BCUT2D eigenvalue weighted by Gasteiger charge is -2.09. The van der Waals surface area contributed by atoms with Crippen molar-refractivity contribution < 1.29 is 9.26 Å². The Kier molecular flexibility index (Phi) is 4.29. The molecule has 0 saturated heterocycles. The van der Waals surface area contributed by atoms with E-state index >= 15 is 0 Å². The van der Waals surface area contributed by atoms with E-state index in [1.54, 1.807) is 55.8 Å². The van der Waals surface area contributed by atoms with E-state index in [1.165, 1.54) is 4.68 Å². The summed E-state index contributed by atoms with van der Waals surface area (Å²) in [6, 6.07) is 19.7. The van der Waals surface area contributed by atoms with Crippen LogP contribution >= 0.6 is 0 Å². The standard InChI is InChI=1S/C22H15N5O3/c1-29-15-11-9-14(10-12-15)27-22(28)17-7-3-2-6-16(17)19(25-27)21-24-20(26-30-21)18-8-4-5-13-23-18/h2-13H,1H3. The first-order chi connectivity index (χ1) is 14.7. The van der Waals surface area contributed by atoms with Gasteiger partial charge in [0.1, 0.15) is 11.4 Å². The van der Waals surface area contributed by atoms with Crippen molar-refractivity contribution in [1.82, 2.24) is 24.9 Å². The van der Waals surface area contributed by atoms with Crippen LogP contribution in [0.1, 0.15) is 0 Å². The zero-order valence-electron chi connectivity index (χ0n) is 15.9. The molecule has 0 saturated carbocycles. The van der Waals surface area contributed by atoms with Crippen LogP contribution < -0.4 is 10.3 Å². The summed E-state index contributed by atoms with van der Waals surface area (Å²) in [5.74, 6) is 1.23. The highest BCUT2D eigenvalue weighted by molar-refractivity contribution is 5.92. The Bertz CT molecular complexity index is 1390. The number of pyridine rings is 1. The van der Waals surface area contributed by atoms with E-state index in [9.17, 15) is 4.79 Å². The molecule has 146 valence electrons. The quantitative estimate of drug-likeness (QED) is 0.458. The third kappa shape index (κ3) is 3.00. The summed E-state index contributed by atoms with van der Waals surface area (Å²) in [6.07, 6.45) is 1.66. The molecule has 3 heterocycles. The van der Waals surface area contributed by atoms with Crippen LogP contribution in [0.15, 0.2) is 82.2 Å². The first kappa shape index (κ1) is 17.7. The SMILES string of the molecule is COc1ccc(-n2nc(-c3nc(-c4ccccn4)no3)c3ccccc3c2=O)cc1. The number of nitrogens with zero attached hydrogens (tertiary/aromatic N) is 5. The summed E-state index contributed by atoms with van der Waals surface area (Å²) >= 11 is 0. The summed E-state index contributed by atoms with van der Waals surface area (Å²) in [5, 5.41) is 9.70. The van der Waals surface area contributed by atoms with Crippen molar-refractivity contribution in [3.05, 3.63) is 83.3 Å². The Morgan fingerprint density at radius 2 is 1.70 bits per heavy atom. The molecule has 8 nitrogen and oxygen atoms in total. The van der Waals surface area contributed by atoms with Gasteiger partial charge >= 0.3 is 0 Å². The van der Waals surface area contributed by atoms with Crippen molar-refractivity contribution in [1.29, 1.82) is 0 Å². The Balaban J connectivity index is 1.71. The lowest BCUT2D eigenvalue weighted by atomic mass is 10.1. The fourth-order valence-corrected chi connectivity index (χ4v) is 3.16. The molecule has 0 fully saturated rings. The van der Waals surface area contributed by atoms with Gasteiger partial charge < -0.3 is 9.26 Å². The van der Waals surface area contributed by atoms with Crippen molar-refractivity contribution in [2.75, 3.05) is 7.11 Å². The molecule has 0 aliphatic rings. The van der Waals surface area contributed by atoms with Gasteiger partial charge in [0.2, 0.25) is 5.82 Å². The van der Waals surface area contributed by atoms with Crippen LogP contribution in [0.2, 0.25) is 0 Å². The molecule has 5 rings (SSSR count). The van der Waals surface area contributed by atoms with Gasteiger partial charge in [0.05, 0.1) is 18.2 Å². The van der Waals surface area contributed by atoms with Crippen molar-refractivity contribution >= 4 is 10.8 Å². The van der Waals surface area contributed by atoms with Crippen LogP contribution in [0.5, 0.6) is 5.75 Å². The zero-order valence-corrected chi connectivity index (χ0v) is 15.9. The number of hydrogen-bond donors (Lipinski definition) is 0. The number of methoxy groups -OCH3 is 1. The average molecular weight is 397 g/mol. The number of hydrogen-bond acceptors (Lipinski definition) is 7. The fraction of sp³-hybridized carbons (Fsp3) is 0.0455. The molecule has 8 heteroatoms. The van der Waals surface area contributed by atoms with Crippen LogP contribution in [0, 0.1) is 0 Å². The number of ether oxygens (including phenoxy) is 1. The van der Waals surface area contributed by atoms with E-state index in [0.717, 1.165) is 0 Å². The molecule has 3 aromatic heterocycles. The maximum absolute atomic E-state index is 13.1. The van der Waals surface area contributed by atoms with Gasteiger partial charge in [-0.15, -0.1) is 0 Å². The summed E-state index contributed by atoms with van der Waals surface area (Å²) in [6.45, 7) is 0. The minimum atomic E-state index is -0.246. The number of aromatic nitrogens is 5. The lowest BCUT2D eigenvalue weighted by molar-refractivity contribution is 0.414. The van der Waals surface area contributed by atoms with E-state index in [2.05, 4.69) is 20.2 Å². The molecule has 2 aromatic carbocycles. The van der Waals surface area contributed by atoms with Crippen LogP contribution in [-0.2, 0) is 0 Å². The molecule has 0 aliphatic heterocycles. The minimum absolute atomic E-state index is 0.203. The summed E-state index contributed by atoms with van der Waals surface area (Å²) in [5.41, 5.74) is 1.34. The minimum Gasteiger partial charge on any atom is -0.497 e. The van der Waals surface area contributed by atoms with E-state index in [4.69, 9.17) is 9.26 Å². The average Bonchev–Trinajstić information content (AvgIpc) is 3.30. The van der Waals surface area contributed by atoms with Crippen LogP contribution in [0.25, 0.3) is 39.6 Å². The highest BCUT2D eigenvalue weighted by atomic mass is 16.5. The Labute approximate surface area is 170 Å². The monoisotopic (exact) mass is 397 g/mol. The van der Waals surface area contributed by atoms with Gasteiger partial charge in [-0.2, -0.15) is 14.8 Å². The van der Waals surface area contributed by atoms with E-state index in [-0.39, 0.29) is 11.4 Å². The van der Waals surface area contributed by atoms with Crippen LogP contribution in [0.3, 0.4) is 0 Å². The molecule has 0 spiro atoms. The van der Waals surface area contributed by atoms with Crippen molar-refractivity contribution in [3.8, 4) is 34.5 Å². The van der Waals surface area contributed by atoms with Gasteiger partial charge in [0.15, 0.2) is 5.69 Å². The zero-order chi connectivity index (χ0) is 20.5. The Morgan fingerprint density at radius 1 is 0.933 bits per heavy atom. The molecule has 0 bridgehead atoms. The second kappa shape index (κ2) is 7.25. The molecule has 5 aromatic rings. The predicted octanol–water partition coefficient (Wildman–Crippen LogP) is 3.51. The first-order valence-corrected chi connectivity index (χ1v) is 9.16. The highest BCUT2D eigenvalue weighted by Gasteiger charge is 2.19. The van der Waals surface area contributed by atoms with E-state index < -0.39 is 0 Å². The molecule has 0 radical (unpaired) electrons.